The summed E-state index contributed by atoms with van der Waals surface area (Å²) in [5.41, 5.74) is 2.36. The fourth-order valence-electron chi connectivity index (χ4n) is 4.16. The standard InChI is InChI=1S/C30H29N3O5S2/c1-39-18-16-28(30(35)36)32-29(34)26-15-14-25(19-27(26)23-11-6-3-7-12-23)40(37,38)33(24-13-8-17-31-20-24)21-22-9-4-2-5-10-22/h2-15,17,19-20,28H,16,18,21H2,1H3,(H,32,34)(H,35,36)/t28-/m0/s1. The number of benzene rings is 3. The highest BCUT2D eigenvalue weighted by Gasteiger charge is 2.28. The maximum absolute atomic E-state index is 14.1. The van der Waals surface area contributed by atoms with Crippen LogP contribution in [0.1, 0.15) is 22.3 Å². The highest BCUT2D eigenvalue weighted by molar-refractivity contribution is 7.98. The molecule has 4 rings (SSSR count). The SMILES string of the molecule is CSCC[C@H](NC(=O)c1ccc(S(=O)(=O)N(Cc2ccccc2)c2cccnc2)cc1-c1ccccc1)C(=O)O. The third kappa shape index (κ3) is 6.88. The second kappa shape index (κ2) is 13.3. The largest absolute Gasteiger partial charge is 0.480 e. The van der Waals surface area contributed by atoms with Crippen molar-refractivity contribution in [2.24, 2.45) is 0 Å². The van der Waals surface area contributed by atoms with E-state index in [1.807, 2.05) is 42.7 Å². The Kier molecular flexibility index (Phi) is 9.57. The summed E-state index contributed by atoms with van der Waals surface area (Å²) in [5.74, 6) is -1.16. The minimum atomic E-state index is -4.11. The molecule has 0 radical (unpaired) electrons. The van der Waals surface area contributed by atoms with Crippen molar-refractivity contribution in [3.8, 4) is 11.1 Å². The van der Waals surface area contributed by atoms with E-state index in [-0.39, 0.29) is 23.4 Å². The quantitative estimate of drug-likeness (QED) is 0.242. The van der Waals surface area contributed by atoms with Gasteiger partial charge in [-0.1, -0.05) is 60.7 Å². The summed E-state index contributed by atoms with van der Waals surface area (Å²) < 4.78 is 29.5. The number of thioether (sulfide) groups is 1. The molecule has 0 spiro atoms. The first-order valence-corrected chi connectivity index (χ1v) is 15.3. The van der Waals surface area contributed by atoms with Crippen molar-refractivity contribution in [2.45, 2.75) is 23.9 Å². The van der Waals surface area contributed by atoms with Crippen LogP contribution in [0.4, 0.5) is 5.69 Å². The van der Waals surface area contributed by atoms with Crippen molar-refractivity contribution < 1.29 is 23.1 Å². The molecule has 0 aliphatic carbocycles. The van der Waals surface area contributed by atoms with Gasteiger partial charge in [0.25, 0.3) is 15.9 Å². The van der Waals surface area contributed by atoms with Crippen LogP contribution in [0.25, 0.3) is 11.1 Å². The summed E-state index contributed by atoms with van der Waals surface area (Å²) in [4.78, 5) is 29.2. The number of amides is 1. The van der Waals surface area contributed by atoms with Crippen LogP contribution in [-0.2, 0) is 21.4 Å². The molecule has 0 bridgehead atoms. The van der Waals surface area contributed by atoms with E-state index in [9.17, 15) is 23.1 Å². The summed E-state index contributed by atoms with van der Waals surface area (Å²) >= 11 is 1.49. The minimum Gasteiger partial charge on any atom is -0.480 e. The molecule has 0 saturated heterocycles. The molecule has 40 heavy (non-hydrogen) atoms. The number of carboxylic acids is 1. The van der Waals surface area contributed by atoms with Crippen LogP contribution in [-0.4, -0.2) is 48.4 Å². The molecule has 8 nitrogen and oxygen atoms in total. The fourth-order valence-corrected chi connectivity index (χ4v) is 6.10. The molecule has 1 amide bonds. The third-order valence-electron chi connectivity index (χ3n) is 6.23. The molecule has 0 aliphatic heterocycles. The summed E-state index contributed by atoms with van der Waals surface area (Å²) in [6.45, 7) is 0.0769. The summed E-state index contributed by atoms with van der Waals surface area (Å²) in [5, 5.41) is 12.2. The van der Waals surface area contributed by atoms with Crippen molar-refractivity contribution in [3.05, 3.63) is 115 Å². The molecule has 0 unspecified atom stereocenters. The molecule has 0 saturated carbocycles. The van der Waals surface area contributed by atoms with Crippen molar-refractivity contribution in [2.75, 3.05) is 16.3 Å². The molecule has 1 aromatic heterocycles. The number of hydrogen-bond donors (Lipinski definition) is 2. The van der Waals surface area contributed by atoms with Crippen LogP contribution >= 0.6 is 11.8 Å². The average Bonchev–Trinajstić information content (AvgIpc) is 2.98. The maximum Gasteiger partial charge on any atom is 0.326 e. The van der Waals surface area contributed by atoms with Gasteiger partial charge in [0.05, 0.1) is 23.3 Å². The van der Waals surface area contributed by atoms with E-state index in [0.717, 1.165) is 5.56 Å². The lowest BCUT2D eigenvalue weighted by atomic mass is 9.99. The van der Waals surface area contributed by atoms with E-state index < -0.39 is 27.9 Å². The van der Waals surface area contributed by atoms with E-state index in [4.69, 9.17) is 0 Å². The zero-order valence-electron chi connectivity index (χ0n) is 21.8. The summed E-state index contributed by atoms with van der Waals surface area (Å²) in [7, 11) is -4.11. The van der Waals surface area contributed by atoms with Gasteiger partial charge in [-0.3, -0.25) is 14.1 Å². The first-order valence-electron chi connectivity index (χ1n) is 12.5. The molecule has 10 heteroatoms. The number of carboxylic acid groups (broad SMARTS) is 1. The van der Waals surface area contributed by atoms with E-state index in [1.165, 1.54) is 40.5 Å². The molecule has 0 fully saturated rings. The Hall–Kier alpha value is -4.15. The van der Waals surface area contributed by atoms with Crippen LogP contribution in [0, 0.1) is 0 Å². The molecule has 1 atom stereocenters. The number of pyridine rings is 1. The lowest BCUT2D eigenvalue weighted by Gasteiger charge is -2.25. The van der Waals surface area contributed by atoms with E-state index in [1.54, 1.807) is 42.6 Å². The normalized spacial score (nSPS) is 11.9. The molecule has 2 N–H and O–H groups in total. The second-order valence-corrected chi connectivity index (χ2v) is 11.8. The predicted molar refractivity (Wildman–Crippen MR) is 158 cm³/mol. The molecule has 206 valence electrons. The number of anilines is 1. The molecule has 4 aromatic rings. The number of carbonyl (C=O) groups excluding carboxylic acids is 1. The van der Waals surface area contributed by atoms with Crippen molar-refractivity contribution in [1.82, 2.24) is 10.3 Å². The van der Waals surface area contributed by atoms with E-state index in [2.05, 4.69) is 10.3 Å². The zero-order chi connectivity index (χ0) is 28.5. The van der Waals surface area contributed by atoms with Crippen LogP contribution in [0.5, 0.6) is 0 Å². The van der Waals surface area contributed by atoms with Gasteiger partial charge in [-0.25, -0.2) is 13.2 Å². The van der Waals surface area contributed by atoms with Crippen LogP contribution in [0.3, 0.4) is 0 Å². The predicted octanol–water partition coefficient (Wildman–Crippen LogP) is 5.08. The first-order chi connectivity index (χ1) is 19.3. The third-order valence-corrected chi connectivity index (χ3v) is 8.64. The van der Waals surface area contributed by atoms with Crippen molar-refractivity contribution in [3.63, 3.8) is 0 Å². The Bertz CT molecular complexity index is 1550. The maximum atomic E-state index is 14.1. The van der Waals surface area contributed by atoms with Gasteiger partial charge in [0.2, 0.25) is 0 Å². The Morgan fingerprint density at radius 1 is 0.975 bits per heavy atom. The topological polar surface area (TPSA) is 117 Å². The van der Waals surface area contributed by atoms with Gasteiger partial charge in [-0.05, 0) is 65.5 Å². The Balaban J connectivity index is 1.78. The second-order valence-electron chi connectivity index (χ2n) is 8.93. The minimum absolute atomic E-state index is 0.0140. The first kappa shape index (κ1) is 28.8. The molecule has 3 aromatic carbocycles. The Morgan fingerprint density at radius 3 is 2.30 bits per heavy atom. The monoisotopic (exact) mass is 575 g/mol. The highest BCUT2D eigenvalue weighted by atomic mass is 32.2. The van der Waals surface area contributed by atoms with E-state index >= 15 is 0 Å². The Morgan fingerprint density at radius 2 is 1.68 bits per heavy atom. The van der Waals surface area contributed by atoms with Gasteiger partial charge in [0, 0.05) is 11.8 Å². The van der Waals surface area contributed by atoms with Crippen molar-refractivity contribution >= 4 is 39.3 Å². The van der Waals surface area contributed by atoms with Gasteiger partial charge in [-0.2, -0.15) is 11.8 Å². The highest BCUT2D eigenvalue weighted by Crippen LogP contribution is 2.31. The number of hydrogen-bond acceptors (Lipinski definition) is 6. The molecular weight excluding hydrogens is 546 g/mol. The number of aliphatic carboxylic acids is 1. The van der Waals surface area contributed by atoms with Crippen LogP contribution < -0.4 is 9.62 Å². The van der Waals surface area contributed by atoms with Gasteiger partial charge in [-0.15, -0.1) is 0 Å². The van der Waals surface area contributed by atoms with Crippen LogP contribution in [0.2, 0.25) is 0 Å². The number of aromatic nitrogens is 1. The van der Waals surface area contributed by atoms with E-state index in [0.29, 0.717) is 22.6 Å². The van der Waals surface area contributed by atoms with Gasteiger partial charge < -0.3 is 10.4 Å². The Labute approximate surface area is 238 Å². The van der Waals surface area contributed by atoms with Crippen molar-refractivity contribution in [1.29, 1.82) is 0 Å². The molecule has 1 heterocycles. The van der Waals surface area contributed by atoms with Crippen LogP contribution in [0.15, 0.2) is 108 Å². The lowest BCUT2D eigenvalue weighted by Crippen LogP contribution is -2.41. The number of nitrogens with one attached hydrogen (secondary N) is 1. The van der Waals surface area contributed by atoms with Gasteiger partial charge in [0.15, 0.2) is 0 Å². The fraction of sp³-hybridized carbons (Fsp3) is 0.167. The van der Waals surface area contributed by atoms with Gasteiger partial charge in [0.1, 0.15) is 6.04 Å². The molecule has 0 aliphatic rings. The number of carbonyl (C=O) groups is 2. The average molecular weight is 576 g/mol. The zero-order valence-corrected chi connectivity index (χ0v) is 23.4. The number of nitrogens with zero attached hydrogens (tertiary/aromatic N) is 2. The summed E-state index contributed by atoms with van der Waals surface area (Å²) in [6.07, 6.45) is 5.18. The number of rotatable bonds is 12. The lowest BCUT2D eigenvalue weighted by molar-refractivity contribution is -0.139. The molecular formula is C30H29N3O5S2. The number of sulfonamides is 1. The smallest absolute Gasteiger partial charge is 0.326 e. The summed E-state index contributed by atoms with van der Waals surface area (Å²) in [6, 6.07) is 24.7. The van der Waals surface area contributed by atoms with Gasteiger partial charge >= 0.3 is 5.97 Å².